The molecule has 1 radical (unpaired) electrons. The number of rotatable bonds is 38. The van der Waals surface area contributed by atoms with Gasteiger partial charge in [0.05, 0.1) is 112 Å². The lowest BCUT2D eigenvalue weighted by Gasteiger charge is -2.20. The molecule has 1 heterocycles. The first kappa shape index (κ1) is 42.0. The maximum absolute atomic E-state index is 5.71. The fourth-order valence-corrected chi connectivity index (χ4v) is 4.44. The SMILES string of the molecule is CCCCCCCCCCCCN1[CH]N(CCOCCOCCOCCOCCOCCOCCOCCOCCOC)C=C1. The Morgan fingerprint density at radius 2 is 0.667 bits per heavy atom. The van der Waals surface area contributed by atoms with Gasteiger partial charge in [0.2, 0.25) is 0 Å². The Kier molecular flexibility index (Phi) is 33.4. The van der Waals surface area contributed by atoms with Crippen LogP contribution >= 0.6 is 0 Å². The van der Waals surface area contributed by atoms with Gasteiger partial charge in [-0.1, -0.05) is 64.7 Å². The van der Waals surface area contributed by atoms with Gasteiger partial charge in [-0.05, 0) is 6.42 Å². The van der Waals surface area contributed by atoms with Gasteiger partial charge in [-0.25, -0.2) is 0 Å². The van der Waals surface area contributed by atoms with Crippen LogP contribution in [0.1, 0.15) is 71.1 Å². The summed E-state index contributed by atoms with van der Waals surface area (Å²) in [6, 6.07) is 0. The van der Waals surface area contributed by atoms with E-state index in [2.05, 4.69) is 35.8 Å². The van der Waals surface area contributed by atoms with Gasteiger partial charge in [-0.2, -0.15) is 0 Å². The van der Waals surface area contributed by atoms with Gasteiger partial charge in [0.25, 0.3) is 0 Å². The predicted molar refractivity (Wildman–Crippen MR) is 177 cm³/mol. The van der Waals surface area contributed by atoms with E-state index in [4.69, 9.17) is 42.6 Å². The van der Waals surface area contributed by atoms with E-state index < -0.39 is 0 Å². The molecular formula is C34H67N2O9. The molecular weight excluding hydrogens is 580 g/mol. The molecule has 0 saturated carbocycles. The van der Waals surface area contributed by atoms with Crippen LogP contribution in [0.15, 0.2) is 12.4 Å². The second kappa shape index (κ2) is 35.8. The predicted octanol–water partition coefficient (Wildman–Crippen LogP) is 4.89. The first-order valence-electron chi connectivity index (χ1n) is 17.5. The lowest BCUT2D eigenvalue weighted by molar-refractivity contribution is -0.0244. The molecule has 45 heavy (non-hydrogen) atoms. The second-order valence-electron chi connectivity index (χ2n) is 11.0. The monoisotopic (exact) mass is 647 g/mol. The van der Waals surface area contributed by atoms with Crippen LogP contribution in [0.25, 0.3) is 0 Å². The van der Waals surface area contributed by atoms with Crippen molar-refractivity contribution in [2.45, 2.75) is 71.1 Å². The maximum atomic E-state index is 5.71. The molecule has 1 aliphatic rings. The zero-order chi connectivity index (χ0) is 32.1. The fourth-order valence-electron chi connectivity index (χ4n) is 4.44. The van der Waals surface area contributed by atoms with Crippen LogP contribution in [0.5, 0.6) is 0 Å². The quantitative estimate of drug-likeness (QED) is 0.0858. The van der Waals surface area contributed by atoms with E-state index in [1.807, 2.05) is 0 Å². The number of hydrogen-bond acceptors (Lipinski definition) is 11. The Morgan fingerprint density at radius 3 is 1.04 bits per heavy atom. The van der Waals surface area contributed by atoms with Crippen molar-refractivity contribution in [3.63, 3.8) is 0 Å². The molecule has 0 spiro atoms. The molecule has 0 fully saturated rings. The van der Waals surface area contributed by atoms with Crippen LogP contribution in [0.4, 0.5) is 0 Å². The van der Waals surface area contributed by atoms with Crippen molar-refractivity contribution in [3.05, 3.63) is 19.1 Å². The third kappa shape index (κ3) is 31.4. The van der Waals surface area contributed by atoms with Crippen LogP contribution in [-0.4, -0.2) is 142 Å². The zero-order valence-corrected chi connectivity index (χ0v) is 28.8. The minimum atomic E-state index is 0.533. The topological polar surface area (TPSA) is 89.6 Å². The van der Waals surface area contributed by atoms with Crippen LogP contribution in [0, 0.1) is 6.67 Å². The molecule has 267 valence electrons. The molecule has 0 aliphatic carbocycles. The third-order valence-electron chi connectivity index (χ3n) is 7.05. The molecule has 0 amide bonds. The molecule has 0 N–H and O–H groups in total. The highest BCUT2D eigenvalue weighted by atomic mass is 16.6. The van der Waals surface area contributed by atoms with Gasteiger partial charge in [0.15, 0.2) is 0 Å². The molecule has 0 saturated heterocycles. The molecule has 1 rings (SSSR count). The van der Waals surface area contributed by atoms with Crippen molar-refractivity contribution >= 4 is 0 Å². The minimum Gasteiger partial charge on any atom is -0.382 e. The van der Waals surface area contributed by atoms with Crippen LogP contribution in [-0.2, 0) is 42.6 Å². The standard InChI is InChI=1S/C34H67N2O9/c1-3-4-5-6-7-8-9-10-11-12-13-35-14-15-36(34-35)16-17-38-20-21-40-24-25-42-28-29-44-32-33-45-31-30-43-27-26-41-23-22-39-19-18-37-2/h14-15,34H,3-13,16-33H2,1-2H3. The van der Waals surface area contributed by atoms with Gasteiger partial charge in [0.1, 0.15) is 6.67 Å². The average Bonchev–Trinajstić information content (AvgIpc) is 3.51. The lowest BCUT2D eigenvalue weighted by Crippen LogP contribution is -2.24. The van der Waals surface area contributed by atoms with Crippen molar-refractivity contribution in [1.82, 2.24) is 9.80 Å². The molecule has 0 aromatic carbocycles. The number of ether oxygens (including phenoxy) is 9. The number of nitrogens with zero attached hydrogens (tertiary/aromatic N) is 2. The summed E-state index contributed by atoms with van der Waals surface area (Å²) in [6.45, 7) is 16.0. The fraction of sp³-hybridized carbons (Fsp3) is 0.912. The van der Waals surface area contributed by atoms with Crippen molar-refractivity contribution in [2.75, 3.05) is 133 Å². The van der Waals surface area contributed by atoms with Gasteiger partial charge in [-0.15, -0.1) is 0 Å². The molecule has 1 aliphatic heterocycles. The van der Waals surface area contributed by atoms with Crippen LogP contribution < -0.4 is 0 Å². The molecule has 11 nitrogen and oxygen atoms in total. The first-order chi connectivity index (χ1) is 22.4. The van der Waals surface area contributed by atoms with E-state index in [1.54, 1.807) is 7.11 Å². The summed E-state index contributed by atoms with van der Waals surface area (Å²) in [7, 11) is 1.65. The van der Waals surface area contributed by atoms with E-state index in [-0.39, 0.29) is 0 Å². The summed E-state index contributed by atoms with van der Waals surface area (Å²) in [4.78, 5) is 4.48. The van der Waals surface area contributed by atoms with Crippen molar-refractivity contribution in [2.24, 2.45) is 0 Å². The highest BCUT2D eigenvalue weighted by Gasteiger charge is 2.12. The average molecular weight is 648 g/mol. The summed E-state index contributed by atoms with van der Waals surface area (Å²) >= 11 is 0. The lowest BCUT2D eigenvalue weighted by atomic mass is 10.1. The Balaban J connectivity index is 1.69. The number of unbranched alkanes of at least 4 members (excludes halogenated alkanes) is 9. The van der Waals surface area contributed by atoms with Crippen LogP contribution in [0.2, 0.25) is 0 Å². The first-order valence-corrected chi connectivity index (χ1v) is 17.5. The van der Waals surface area contributed by atoms with Crippen molar-refractivity contribution < 1.29 is 42.6 Å². The number of hydrogen-bond donors (Lipinski definition) is 0. The largest absolute Gasteiger partial charge is 0.382 e. The number of methoxy groups -OCH3 is 1. The van der Waals surface area contributed by atoms with E-state index in [9.17, 15) is 0 Å². The molecule has 0 aromatic heterocycles. The minimum absolute atomic E-state index is 0.533. The van der Waals surface area contributed by atoms with E-state index >= 15 is 0 Å². The molecule has 0 atom stereocenters. The van der Waals surface area contributed by atoms with Crippen molar-refractivity contribution in [3.8, 4) is 0 Å². The van der Waals surface area contributed by atoms with Gasteiger partial charge >= 0.3 is 0 Å². The highest BCUT2D eigenvalue weighted by Crippen LogP contribution is 2.14. The van der Waals surface area contributed by atoms with Crippen LogP contribution in [0.3, 0.4) is 0 Å². The Labute approximate surface area is 275 Å². The molecule has 0 aromatic rings. The Bertz CT molecular complexity index is 604. The van der Waals surface area contributed by atoms with E-state index in [0.717, 1.165) is 13.1 Å². The van der Waals surface area contributed by atoms with Gasteiger partial charge in [0, 0.05) is 32.6 Å². The summed E-state index contributed by atoms with van der Waals surface area (Å²) in [5, 5.41) is 0. The normalized spacial score (nSPS) is 13.1. The summed E-state index contributed by atoms with van der Waals surface area (Å²) in [6.07, 6.45) is 18.0. The molecule has 11 heteroatoms. The smallest absolute Gasteiger partial charge is 0.141 e. The maximum Gasteiger partial charge on any atom is 0.141 e. The van der Waals surface area contributed by atoms with Crippen molar-refractivity contribution in [1.29, 1.82) is 0 Å². The molecule has 0 unspecified atom stereocenters. The second-order valence-corrected chi connectivity index (χ2v) is 11.0. The van der Waals surface area contributed by atoms with E-state index in [1.165, 1.54) is 64.2 Å². The van der Waals surface area contributed by atoms with E-state index in [0.29, 0.717) is 112 Å². The summed E-state index contributed by atoms with van der Waals surface area (Å²) in [5.41, 5.74) is 0. The molecule has 0 bridgehead atoms. The van der Waals surface area contributed by atoms with Gasteiger partial charge < -0.3 is 52.4 Å². The van der Waals surface area contributed by atoms with Gasteiger partial charge in [-0.3, -0.25) is 0 Å². The Hall–Kier alpha value is -1.02. The zero-order valence-electron chi connectivity index (χ0n) is 28.8. The summed E-state index contributed by atoms with van der Waals surface area (Å²) in [5.74, 6) is 0. The highest BCUT2D eigenvalue weighted by molar-refractivity contribution is 4.96. The summed E-state index contributed by atoms with van der Waals surface area (Å²) < 4.78 is 48.9. The third-order valence-corrected chi connectivity index (χ3v) is 7.05. The Morgan fingerprint density at radius 1 is 0.356 bits per heavy atom.